The van der Waals surface area contributed by atoms with Crippen molar-refractivity contribution in [2.75, 3.05) is 14.2 Å². The Balaban J connectivity index is 2.76. The lowest BCUT2D eigenvalue weighted by molar-refractivity contribution is 0.0594. The second-order valence-corrected chi connectivity index (χ2v) is 3.43. The van der Waals surface area contributed by atoms with E-state index in [4.69, 9.17) is 4.74 Å². The minimum absolute atomic E-state index is 0.123. The second-order valence-electron chi connectivity index (χ2n) is 3.43. The van der Waals surface area contributed by atoms with Crippen molar-refractivity contribution >= 4 is 16.7 Å². The summed E-state index contributed by atoms with van der Waals surface area (Å²) in [6, 6.07) is 6.74. The Hall–Kier alpha value is -2.30. The number of nitrogens with one attached hydrogen (secondary N) is 1. The Labute approximate surface area is 97.0 Å². The molecule has 0 aliphatic carbocycles. The van der Waals surface area contributed by atoms with E-state index in [1.54, 1.807) is 24.3 Å². The zero-order chi connectivity index (χ0) is 12.4. The van der Waals surface area contributed by atoms with Gasteiger partial charge in [-0.25, -0.2) is 4.79 Å². The molecule has 1 heterocycles. The summed E-state index contributed by atoms with van der Waals surface area (Å²) in [5.41, 5.74) is -0.251. The van der Waals surface area contributed by atoms with Crippen molar-refractivity contribution < 1.29 is 14.3 Å². The van der Waals surface area contributed by atoms with Crippen molar-refractivity contribution in [3.8, 4) is 5.75 Å². The average molecular weight is 233 g/mol. The number of pyridine rings is 1. The van der Waals surface area contributed by atoms with E-state index in [1.165, 1.54) is 14.2 Å². The highest BCUT2D eigenvalue weighted by Crippen LogP contribution is 2.21. The highest BCUT2D eigenvalue weighted by atomic mass is 16.5. The van der Waals surface area contributed by atoms with E-state index in [2.05, 4.69) is 9.72 Å². The Morgan fingerprint density at radius 1 is 1.29 bits per heavy atom. The molecule has 17 heavy (non-hydrogen) atoms. The van der Waals surface area contributed by atoms with E-state index in [1.807, 2.05) is 0 Å². The number of carbonyl (C=O) groups excluding carboxylic acids is 1. The van der Waals surface area contributed by atoms with Gasteiger partial charge in [0.05, 0.1) is 19.6 Å². The molecule has 1 aromatic carbocycles. The van der Waals surface area contributed by atoms with Crippen LogP contribution in [0.2, 0.25) is 0 Å². The van der Waals surface area contributed by atoms with Gasteiger partial charge in [-0.15, -0.1) is 0 Å². The number of hydrogen-bond acceptors (Lipinski definition) is 4. The zero-order valence-corrected chi connectivity index (χ0v) is 9.44. The fourth-order valence-corrected chi connectivity index (χ4v) is 1.68. The molecular formula is C12H11NO4. The Kier molecular flexibility index (Phi) is 2.82. The molecule has 2 aromatic rings. The summed E-state index contributed by atoms with van der Waals surface area (Å²) in [6.45, 7) is 0. The van der Waals surface area contributed by atoms with Crippen LogP contribution in [0.25, 0.3) is 10.8 Å². The first-order valence-corrected chi connectivity index (χ1v) is 4.95. The monoisotopic (exact) mass is 233 g/mol. The number of fused-ring (bicyclic) bond motifs is 1. The molecule has 1 aromatic heterocycles. The summed E-state index contributed by atoms with van der Waals surface area (Å²) in [6.07, 6.45) is 0. The van der Waals surface area contributed by atoms with Gasteiger partial charge in [-0.1, -0.05) is 12.1 Å². The summed E-state index contributed by atoms with van der Waals surface area (Å²) in [7, 11) is 2.75. The number of esters is 1. The van der Waals surface area contributed by atoms with Gasteiger partial charge in [0.15, 0.2) is 0 Å². The van der Waals surface area contributed by atoms with Crippen LogP contribution in [0.4, 0.5) is 0 Å². The third-order valence-electron chi connectivity index (χ3n) is 2.46. The fraction of sp³-hybridized carbons (Fsp3) is 0.167. The molecule has 88 valence electrons. The molecule has 0 atom stereocenters. The van der Waals surface area contributed by atoms with Gasteiger partial charge < -0.3 is 14.5 Å². The molecule has 0 unspecified atom stereocenters. The Morgan fingerprint density at radius 3 is 2.71 bits per heavy atom. The van der Waals surface area contributed by atoms with Gasteiger partial charge in [0.25, 0.3) is 5.56 Å². The zero-order valence-electron chi connectivity index (χ0n) is 9.44. The van der Waals surface area contributed by atoms with Gasteiger partial charge >= 0.3 is 5.97 Å². The van der Waals surface area contributed by atoms with Crippen molar-refractivity contribution in [3.05, 3.63) is 40.3 Å². The van der Waals surface area contributed by atoms with E-state index < -0.39 is 5.97 Å². The van der Waals surface area contributed by atoms with E-state index >= 15 is 0 Å². The van der Waals surface area contributed by atoms with Crippen LogP contribution in [-0.4, -0.2) is 25.2 Å². The van der Waals surface area contributed by atoms with E-state index in [9.17, 15) is 9.59 Å². The van der Waals surface area contributed by atoms with Crippen LogP contribution in [-0.2, 0) is 4.74 Å². The maximum atomic E-state index is 11.9. The van der Waals surface area contributed by atoms with Crippen molar-refractivity contribution in [3.63, 3.8) is 0 Å². The molecule has 5 heteroatoms. The number of aromatic amines is 1. The number of hydrogen-bond donors (Lipinski definition) is 1. The molecule has 0 saturated heterocycles. The van der Waals surface area contributed by atoms with Crippen LogP contribution < -0.4 is 10.3 Å². The second kappa shape index (κ2) is 4.29. The maximum absolute atomic E-state index is 11.9. The fourth-order valence-electron chi connectivity index (χ4n) is 1.68. The first-order chi connectivity index (χ1) is 8.17. The average Bonchev–Trinajstić information content (AvgIpc) is 2.36. The molecule has 0 amide bonds. The van der Waals surface area contributed by atoms with Crippen LogP contribution in [0, 0.1) is 0 Å². The quantitative estimate of drug-likeness (QED) is 0.794. The molecule has 0 radical (unpaired) electrons. The molecular weight excluding hydrogens is 222 g/mol. The molecule has 0 spiro atoms. The number of rotatable bonds is 2. The maximum Gasteiger partial charge on any atom is 0.354 e. The van der Waals surface area contributed by atoms with Gasteiger partial charge in [-0.2, -0.15) is 0 Å². The minimum atomic E-state index is -0.577. The lowest BCUT2D eigenvalue weighted by Crippen LogP contribution is -2.14. The van der Waals surface area contributed by atoms with Gasteiger partial charge in [-0.05, 0) is 17.5 Å². The van der Waals surface area contributed by atoms with Gasteiger partial charge in [0.2, 0.25) is 0 Å². The van der Waals surface area contributed by atoms with Crippen molar-refractivity contribution in [2.24, 2.45) is 0 Å². The first-order valence-electron chi connectivity index (χ1n) is 4.95. The number of benzene rings is 1. The third-order valence-corrected chi connectivity index (χ3v) is 2.46. The number of H-pyrrole nitrogens is 1. The summed E-state index contributed by atoms with van der Waals surface area (Å²) in [5.74, 6) is -0.105. The molecule has 1 N–H and O–H groups in total. The van der Waals surface area contributed by atoms with Crippen molar-refractivity contribution in [1.29, 1.82) is 0 Å². The van der Waals surface area contributed by atoms with Crippen LogP contribution in [0.3, 0.4) is 0 Å². The van der Waals surface area contributed by atoms with Gasteiger partial charge in [0, 0.05) is 0 Å². The first kappa shape index (κ1) is 11.2. The standard InChI is InChI=1S/C12H11NO4/c1-16-9-5-3-4-7-6-8(12(15)17-2)13-11(14)10(7)9/h3-6H,1-2H3,(H,13,14). The predicted molar refractivity (Wildman–Crippen MR) is 62.5 cm³/mol. The normalized spacial score (nSPS) is 10.2. The molecule has 0 fully saturated rings. The number of aromatic nitrogens is 1. The summed E-state index contributed by atoms with van der Waals surface area (Å²) in [4.78, 5) is 25.7. The predicted octanol–water partition coefficient (Wildman–Crippen LogP) is 1.32. The van der Waals surface area contributed by atoms with Crippen molar-refractivity contribution in [1.82, 2.24) is 4.98 Å². The highest BCUT2D eigenvalue weighted by Gasteiger charge is 2.11. The van der Waals surface area contributed by atoms with E-state index in [0.717, 1.165) is 0 Å². The van der Waals surface area contributed by atoms with Crippen LogP contribution in [0.5, 0.6) is 5.75 Å². The largest absolute Gasteiger partial charge is 0.496 e. The number of ether oxygens (including phenoxy) is 2. The minimum Gasteiger partial charge on any atom is -0.496 e. The molecule has 5 nitrogen and oxygen atoms in total. The van der Waals surface area contributed by atoms with Crippen LogP contribution >= 0.6 is 0 Å². The highest BCUT2D eigenvalue weighted by molar-refractivity contribution is 5.94. The van der Waals surface area contributed by atoms with Crippen molar-refractivity contribution in [2.45, 2.75) is 0 Å². The molecule has 2 rings (SSSR count). The smallest absolute Gasteiger partial charge is 0.354 e. The topological polar surface area (TPSA) is 68.4 Å². The molecule has 0 aliphatic rings. The van der Waals surface area contributed by atoms with Crippen LogP contribution in [0.15, 0.2) is 29.1 Å². The number of carbonyl (C=O) groups is 1. The summed E-state index contributed by atoms with van der Waals surface area (Å²) < 4.78 is 9.66. The van der Waals surface area contributed by atoms with Gasteiger partial charge in [0.1, 0.15) is 11.4 Å². The van der Waals surface area contributed by atoms with Gasteiger partial charge in [-0.3, -0.25) is 4.79 Å². The Bertz CT molecular complexity index is 630. The summed E-state index contributed by atoms with van der Waals surface area (Å²) >= 11 is 0. The molecule has 0 bridgehead atoms. The van der Waals surface area contributed by atoms with E-state index in [-0.39, 0.29) is 11.3 Å². The summed E-state index contributed by atoms with van der Waals surface area (Å²) in [5, 5.41) is 1.05. The molecule has 0 aliphatic heterocycles. The van der Waals surface area contributed by atoms with E-state index in [0.29, 0.717) is 16.5 Å². The van der Waals surface area contributed by atoms with Crippen LogP contribution in [0.1, 0.15) is 10.5 Å². The number of methoxy groups -OCH3 is 2. The third kappa shape index (κ3) is 1.87. The lowest BCUT2D eigenvalue weighted by atomic mass is 10.1. The molecule has 0 saturated carbocycles. The SMILES string of the molecule is COC(=O)c1cc2cccc(OC)c2c(=O)[nH]1. The Morgan fingerprint density at radius 2 is 2.06 bits per heavy atom. The lowest BCUT2D eigenvalue weighted by Gasteiger charge is -2.05.